The van der Waals surface area contributed by atoms with Gasteiger partial charge in [0.2, 0.25) is 0 Å². The van der Waals surface area contributed by atoms with Gasteiger partial charge in [0.1, 0.15) is 10.0 Å². The number of hydrogen-bond acceptors (Lipinski definition) is 3. The van der Waals surface area contributed by atoms with Crippen LogP contribution in [0.3, 0.4) is 0 Å². The average molecular weight is 298 g/mol. The van der Waals surface area contributed by atoms with Crippen molar-refractivity contribution in [2.45, 2.75) is 24.7 Å². The van der Waals surface area contributed by atoms with Crippen LogP contribution in [-0.4, -0.2) is 14.1 Å². The van der Waals surface area contributed by atoms with Crippen molar-refractivity contribution in [1.29, 1.82) is 0 Å². The summed E-state index contributed by atoms with van der Waals surface area (Å²) in [6.45, 7) is 1.92. The SMILES string of the molecule is Cc1ccc(S(=O)(=O)[N-]N=C2C3CC3C3CC23)cc1.[Na+]. The van der Waals surface area contributed by atoms with Crippen molar-refractivity contribution in [3.63, 3.8) is 0 Å². The first-order valence-corrected chi connectivity index (χ1v) is 8.12. The minimum Gasteiger partial charge on any atom is -0.491 e. The van der Waals surface area contributed by atoms with Crippen LogP contribution in [0.25, 0.3) is 4.83 Å². The van der Waals surface area contributed by atoms with Crippen molar-refractivity contribution in [1.82, 2.24) is 0 Å². The van der Waals surface area contributed by atoms with Gasteiger partial charge in [0, 0.05) is 5.71 Å². The molecule has 1 aromatic carbocycles. The molecule has 6 heteroatoms. The first-order valence-electron chi connectivity index (χ1n) is 6.68. The van der Waals surface area contributed by atoms with Crippen LogP contribution in [0.4, 0.5) is 0 Å². The fourth-order valence-corrected chi connectivity index (χ4v) is 4.11. The predicted octanol–water partition coefficient (Wildman–Crippen LogP) is -0.297. The summed E-state index contributed by atoms with van der Waals surface area (Å²) in [5.74, 6) is 2.67. The van der Waals surface area contributed by atoms with E-state index in [1.54, 1.807) is 24.3 Å². The third-order valence-electron chi connectivity index (χ3n) is 4.57. The predicted molar refractivity (Wildman–Crippen MR) is 72.4 cm³/mol. The van der Waals surface area contributed by atoms with E-state index in [0.29, 0.717) is 11.8 Å². The molecular weight excluding hydrogens is 283 g/mol. The van der Waals surface area contributed by atoms with Crippen LogP contribution in [0.1, 0.15) is 18.4 Å². The second kappa shape index (κ2) is 4.83. The van der Waals surface area contributed by atoms with Crippen LogP contribution in [0.15, 0.2) is 34.3 Å². The number of rotatable bonds is 3. The quantitative estimate of drug-likeness (QED) is 0.568. The zero-order chi connectivity index (χ0) is 13.2. The molecule has 4 atom stereocenters. The Labute approximate surface area is 141 Å². The molecule has 0 heterocycles. The largest absolute Gasteiger partial charge is 1.00 e. The van der Waals surface area contributed by atoms with Crippen molar-refractivity contribution in [2.24, 2.45) is 28.8 Å². The molecule has 0 aromatic heterocycles. The normalized spacial score (nSPS) is 32.8. The van der Waals surface area contributed by atoms with Gasteiger partial charge in [0.25, 0.3) is 0 Å². The molecule has 0 radical (unpaired) electrons. The van der Waals surface area contributed by atoms with Crippen LogP contribution in [0.2, 0.25) is 0 Å². The summed E-state index contributed by atoms with van der Waals surface area (Å²) in [4.78, 5) is 3.87. The van der Waals surface area contributed by atoms with E-state index in [2.05, 4.69) is 9.93 Å². The molecule has 4 nitrogen and oxygen atoms in total. The van der Waals surface area contributed by atoms with Crippen LogP contribution in [0.5, 0.6) is 0 Å². The molecule has 1 aromatic rings. The van der Waals surface area contributed by atoms with Crippen LogP contribution < -0.4 is 29.6 Å². The number of nitrogens with zero attached hydrogens (tertiary/aromatic N) is 2. The number of aryl methyl sites for hydroxylation is 1. The Hall–Kier alpha value is -0.360. The average Bonchev–Trinajstić information content (AvgIpc) is 3.24. The van der Waals surface area contributed by atoms with Crippen molar-refractivity contribution in [2.75, 3.05) is 0 Å². The molecule has 4 unspecified atom stereocenters. The maximum Gasteiger partial charge on any atom is 1.00 e. The molecule has 20 heavy (non-hydrogen) atoms. The van der Waals surface area contributed by atoms with E-state index in [1.807, 2.05) is 6.92 Å². The van der Waals surface area contributed by atoms with Gasteiger partial charge in [-0.2, -0.15) is 0 Å². The Bertz CT molecular complexity index is 651. The summed E-state index contributed by atoms with van der Waals surface area (Å²) in [6, 6.07) is 6.73. The Morgan fingerprint density at radius 1 is 1.10 bits per heavy atom. The van der Waals surface area contributed by atoms with E-state index < -0.39 is 10.0 Å². The van der Waals surface area contributed by atoms with Gasteiger partial charge < -0.3 is 9.93 Å². The van der Waals surface area contributed by atoms with Gasteiger partial charge in [0.05, 0.1) is 4.90 Å². The first kappa shape index (κ1) is 14.6. The Balaban J connectivity index is 0.00000121. The molecule has 3 aliphatic carbocycles. The zero-order valence-electron chi connectivity index (χ0n) is 11.7. The Morgan fingerprint density at radius 3 is 2.20 bits per heavy atom. The van der Waals surface area contributed by atoms with E-state index in [0.717, 1.165) is 23.1 Å². The monoisotopic (exact) mass is 298 g/mol. The van der Waals surface area contributed by atoms with Gasteiger partial charge >= 0.3 is 29.6 Å². The number of sulfonamides is 1. The molecule has 3 aliphatic rings. The molecule has 0 N–H and O–H groups in total. The van der Waals surface area contributed by atoms with Crippen LogP contribution >= 0.6 is 0 Å². The number of hydrogen-bond donors (Lipinski definition) is 0. The number of benzene rings is 1. The standard InChI is InChI=1S/C14H15N2O2S.Na/c1-8-2-4-9(5-3-8)19(17,18)16-15-14-12-6-10(12)11-7-13(11)14;/h2-5,10-13H,6-7H2,1H3;/q-1;+1. The zero-order valence-corrected chi connectivity index (χ0v) is 14.5. The maximum atomic E-state index is 12.1. The first-order chi connectivity index (χ1) is 9.06. The minimum absolute atomic E-state index is 0. The summed E-state index contributed by atoms with van der Waals surface area (Å²) in [7, 11) is -3.64. The molecule has 3 fully saturated rings. The summed E-state index contributed by atoms with van der Waals surface area (Å²) in [5, 5.41) is 4.09. The second-order valence-electron chi connectivity index (χ2n) is 5.91. The topological polar surface area (TPSA) is 60.6 Å². The molecule has 3 saturated carbocycles. The molecule has 100 valence electrons. The van der Waals surface area contributed by atoms with E-state index in [4.69, 9.17) is 0 Å². The maximum absolute atomic E-state index is 12.1. The Kier molecular flexibility index (Phi) is 3.52. The molecule has 0 bridgehead atoms. The molecule has 4 rings (SSSR count). The molecule has 0 aliphatic heterocycles. The van der Waals surface area contributed by atoms with Crippen molar-refractivity contribution < 1.29 is 38.0 Å². The van der Waals surface area contributed by atoms with Crippen LogP contribution in [-0.2, 0) is 10.0 Å². The van der Waals surface area contributed by atoms with Gasteiger partial charge in [-0.1, -0.05) is 17.7 Å². The van der Waals surface area contributed by atoms with Gasteiger partial charge in [-0.3, -0.25) is 0 Å². The van der Waals surface area contributed by atoms with Crippen molar-refractivity contribution in [3.8, 4) is 0 Å². The third kappa shape index (κ3) is 2.34. The van der Waals surface area contributed by atoms with E-state index in [9.17, 15) is 8.42 Å². The minimum atomic E-state index is -3.64. The second-order valence-corrected chi connectivity index (χ2v) is 7.49. The summed E-state index contributed by atoms with van der Waals surface area (Å²) < 4.78 is 24.1. The summed E-state index contributed by atoms with van der Waals surface area (Å²) >= 11 is 0. The molecule has 0 saturated heterocycles. The van der Waals surface area contributed by atoms with Gasteiger partial charge in [-0.05, 0) is 55.6 Å². The van der Waals surface area contributed by atoms with Crippen molar-refractivity contribution >= 4 is 15.7 Å². The van der Waals surface area contributed by atoms with Gasteiger partial charge in [-0.15, -0.1) is 0 Å². The van der Waals surface area contributed by atoms with Gasteiger partial charge in [-0.25, -0.2) is 8.42 Å². The fourth-order valence-electron chi connectivity index (χ4n) is 3.34. The molecular formula is C14H15N2NaO2S. The van der Waals surface area contributed by atoms with E-state index in [1.165, 1.54) is 12.8 Å². The smallest absolute Gasteiger partial charge is 0.491 e. The molecule has 0 amide bonds. The summed E-state index contributed by atoms with van der Waals surface area (Å²) in [5.41, 5.74) is 2.08. The summed E-state index contributed by atoms with van der Waals surface area (Å²) in [6.07, 6.45) is 2.39. The van der Waals surface area contributed by atoms with Gasteiger partial charge in [0.15, 0.2) is 0 Å². The number of fused-ring (bicyclic) bond motifs is 3. The fraction of sp³-hybridized carbons (Fsp3) is 0.500. The Morgan fingerprint density at radius 2 is 1.65 bits per heavy atom. The van der Waals surface area contributed by atoms with E-state index >= 15 is 0 Å². The van der Waals surface area contributed by atoms with Crippen molar-refractivity contribution in [3.05, 3.63) is 34.7 Å². The van der Waals surface area contributed by atoms with Crippen LogP contribution in [0, 0.1) is 30.6 Å². The van der Waals surface area contributed by atoms with E-state index in [-0.39, 0.29) is 34.5 Å². The third-order valence-corrected chi connectivity index (χ3v) is 5.74. The molecule has 0 spiro atoms.